The van der Waals surface area contributed by atoms with Crippen LogP contribution in [0.25, 0.3) is 5.69 Å². The van der Waals surface area contributed by atoms with Crippen LogP contribution in [0.5, 0.6) is 0 Å². The number of para-hydroxylation sites is 1. The molecule has 1 heterocycles. The Bertz CT molecular complexity index is 519. The summed E-state index contributed by atoms with van der Waals surface area (Å²) in [5.74, 6) is 0.220. The third-order valence-electron chi connectivity index (χ3n) is 2.29. The van der Waals surface area contributed by atoms with Crippen molar-refractivity contribution in [1.29, 1.82) is 0 Å². The van der Waals surface area contributed by atoms with Gasteiger partial charge < -0.3 is 0 Å². The second-order valence-electron chi connectivity index (χ2n) is 3.43. The van der Waals surface area contributed by atoms with E-state index in [0.29, 0.717) is 5.69 Å². The molecule has 0 aliphatic rings. The lowest BCUT2D eigenvalue weighted by Crippen LogP contribution is -2.03. The van der Waals surface area contributed by atoms with Crippen LogP contribution in [-0.4, -0.2) is 9.78 Å². The van der Waals surface area contributed by atoms with Crippen molar-refractivity contribution in [3.8, 4) is 5.69 Å². The van der Waals surface area contributed by atoms with Crippen LogP contribution >= 0.6 is 11.6 Å². The van der Waals surface area contributed by atoms with E-state index in [2.05, 4.69) is 5.10 Å². The minimum absolute atomic E-state index is 0.220. The van der Waals surface area contributed by atoms with Gasteiger partial charge in [0.1, 0.15) is 0 Å². The molecule has 0 aliphatic carbocycles. The van der Waals surface area contributed by atoms with Crippen LogP contribution in [0.1, 0.15) is 11.1 Å². The van der Waals surface area contributed by atoms with Gasteiger partial charge in [0.15, 0.2) is 0 Å². The normalized spacial score (nSPS) is 11.8. The molecule has 0 fully saturated rings. The maximum Gasteiger partial charge on any atom is 0.419 e. The Balaban J connectivity index is 2.44. The summed E-state index contributed by atoms with van der Waals surface area (Å²) in [5.41, 5.74) is 0.505. The van der Waals surface area contributed by atoms with Gasteiger partial charge in [0.25, 0.3) is 0 Å². The first kappa shape index (κ1) is 12.0. The number of hydrogen-bond donors (Lipinski definition) is 0. The molecule has 0 unspecified atom stereocenters. The summed E-state index contributed by atoms with van der Waals surface area (Å²) in [6, 6.07) is 6.91. The Kier molecular flexibility index (Phi) is 3.11. The molecule has 0 amide bonds. The first-order chi connectivity index (χ1) is 8.02. The van der Waals surface area contributed by atoms with Crippen LogP contribution in [0.3, 0.4) is 0 Å². The van der Waals surface area contributed by atoms with Gasteiger partial charge in [0.05, 0.1) is 17.4 Å². The van der Waals surface area contributed by atoms with Gasteiger partial charge in [-0.25, -0.2) is 4.68 Å². The van der Waals surface area contributed by atoms with E-state index in [0.717, 1.165) is 18.0 Å². The molecule has 1 aromatic carbocycles. The highest BCUT2D eigenvalue weighted by atomic mass is 35.5. The van der Waals surface area contributed by atoms with Gasteiger partial charge in [-0.05, 0) is 11.6 Å². The van der Waals surface area contributed by atoms with Gasteiger partial charge >= 0.3 is 6.18 Å². The fourth-order valence-electron chi connectivity index (χ4n) is 1.45. The quantitative estimate of drug-likeness (QED) is 0.754. The molecule has 0 radical (unpaired) electrons. The Hall–Kier alpha value is -1.49. The summed E-state index contributed by atoms with van der Waals surface area (Å²) >= 11 is 5.72. The zero-order valence-corrected chi connectivity index (χ0v) is 9.33. The van der Waals surface area contributed by atoms with Crippen molar-refractivity contribution >= 4 is 11.6 Å². The molecule has 2 nitrogen and oxygen atoms in total. The van der Waals surface area contributed by atoms with Crippen molar-refractivity contribution in [3.63, 3.8) is 0 Å². The molecular weight excluding hydrogens is 253 g/mol. The second-order valence-corrected chi connectivity index (χ2v) is 3.70. The molecule has 0 atom stereocenters. The molecule has 90 valence electrons. The van der Waals surface area contributed by atoms with Gasteiger partial charge in [-0.2, -0.15) is 18.3 Å². The second kappa shape index (κ2) is 4.41. The fraction of sp³-hybridized carbons (Fsp3) is 0.182. The van der Waals surface area contributed by atoms with E-state index in [1.54, 1.807) is 24.3 Å². The first-order valence-electron chi connectivity index (χ1n) is 4.78. The van der Waals surface area contributed by atoms with Crippen LogP contribution in [0.4, 0.5) is 13.2 Å². The maximum atomic E-state index is 12.4. The molecule has 17 heavy (non-hydrogen) atoms. The number of hydrogen-bond acceptors (Lipinski definition) is 1. The van der Waals surface area contributed by atoms with Crippen molar-refractivity contribution in [3.05, 3.63) is 47.8 Å². The number of rotatable bonds is 2. The SMILES string of the molecule is FC(F)(F)c1cnn(-c2ccccc2CCl)c1. The van der Waals surface area contributed by atoms with Crippen LogP contribution in [0, 0.1) is 0 Å². The van der Waals surface area contributed by atoms with Crippen LogP contribution < -0.4 is 0 Å². The number of benzene rings is 1. The van der Waals surface area contributed by atoms with E-state index < -0.39 is 11.7 Å². The monoisotopic (exact) mass is 260 g/mol. The van der Waals surface area contributed by atoms with Gasteiger partial charge in [-0.15, -0.1) is 11.6 Å². The zero-order chi connectivity index (χ0) is 12.5. The summed E-state index contributed by atoms with van der Waals surface area (Å²) in [4.78, 5) is 0. The maximum absolute atomic E-state index is 12.4. The lowest BCUT2D eigenvalue weighted by Gasteiger charge is -2.06. The average Bonchev–Trinajstić information content (AvgIpc) is 2.77. The van der Waals surface area contributed by atoms with Gasteiger partial charge in [-0.1, -0.05) is 18.2 Å². The highest BCUT2D eigenvalue weighted by Gasteiger charge is 2.32. The minimum atomic E-state index is -4.38. The molecule has 2 rings (SSSR count). The highest BCUT2D eigenvalue weighted by Crippen LogP contribution is 2.29. The highest BCUT2D eigenvalue weighted by molar-refractivity contribution is 6.17. The van der Waals surface area contributed by atoms with Crippen LogP contribution in [-0.2, 0) is 12.1 Å². The lowest BCUT2D eigenvalue weighted by atomic mass is 10.2. The molecule has 2 aromatic rings. The van der Waals surface area contributed by atoms with E-state index in [1.165, 1.54) is 4.68 Å². The summed E-state index contributed by atoms with van der Waals surface area (Å²) in [7, 11) is 0. The standard InChI is InChI=1S/C11H8ClF3N2/c12-5-8-3-1-2-4-10(8)17-7-9(6-16-17)11(13,14)15/h1-4,6-7H,5H2. The van der Waals surface area contributed by atoms with E-state index in [9.17, 15) is 13.2 Å². The summed E-state index contributed by atoms with van der Waals surface area (Å²) in [6.07, 6.45) is -2.63. The van der Waals surface area contributed by atoms with E-state index >= 15 is 0 Å². The van der Waals surface area contributed by atoms with Crippen LogP contribution in [0.2, 0.25) is 0 Å². The summed E-state index contributed by atoms with van der Waals surface area (Å²) in [6.45, 7) is 0. The molecule has 0 saturated carbocycles. The Morgan fingerprint density at radius 1 is 1.24 bits per heavy atom. The fourth-order valence-corrected chi connectivity index (χ4v) is 1.67. The van der Waals surface area contributed by atoms with E-state index in [-0.39, 0.29) is 5.88 Å². The van der Waals surface area contributed by atoms with Crippen molar-refractivity contribution in [2.45, 2.75) is 12.1 Å². The molecule has 0 bridgehead atoms. The van der Waals surface area contributed by atoms with E-state index in [1.807, 2.05) is 0 Å². The first-order valence-corrected chi connectivity index (χ1v) is 5.32. The minimum Gasteiger partial charge on any atom is -0.240 e. The summed E-state index contributed by atoms with van der Waals surface area (Å²) in [5, 5.41) is 3.70. The Morgan fingerprint density at radius 3 is 2.53 bits per heavy atom. The average molecular weight is 261 g/mol. The van der Waals surface area contributed by atoms with Crippen LogP contribution in [0.15, 0.2) is 36.7 Å². The summed E-state index contributed by atoms with van der Waals surface area (Å²) < 4.78 is 38.4. The third-order valence-corrected chi connectivity index (χ3v) is 2.58. The molecule has 0 saturated heterocycles. The molecular formula is C11H8ClF3N2. The molecule has 6 heteroatoms. The third kappa shape index (κ3) is 2.44. The molecule has 0 aliphatic heterocycles. The predicted octanol–water partition coefficient (Wildman–Crippen LogP) is 3.63. The van der Waals surface area contributed by atoms with Crippen molar-refractivity contribution in [1.82, 2.24) is 9.78 Å². The lowest BCUT2D eigenvalue weighted by molar-refractivity contribution is -0.137. The Labute approximate surface area is 101 Å². The largest absolute Gasteiger partial charge is 0.419 e. The van der Waals surface area contributed by atoms with E-state index in [4.69, 9.17) is 11.6 Å². The van der Waals surface area contributed by atoms with Gasteiger partial charge in [0.2, 0.25) is 0 Å². The number of alkyl halides is 4. The van der Waals surface area contributed by atoms with Crippen molar-refractivity contribution < 1.29 is 13.2 Å². The Morgan fingerprint density at radius 2 is 1.94 bits per heavy atom. The van der Waals surface area contributed by atoms with Crippen molar-refractivity contribution in [2.24, 2.45) is 0 Å². The number of aromatic nitrogens is 2. The van der Waals surface area contributed by atoms with Gasteiger partial charge in [0, 0.05) is 12.1 Å². The topological polar surface area (TPSA) is 17.8 Å². The molecule has 0 spiro atoms. The molecule has 1 aromatic heterocycles. The smallest absolute Gasteiger partial charge is 0.240 e. The van der Waals surface area contributed by atoms with Gasteiger partial charge in [-0.3, -0.25) is 0 Å². The van der Waals surface area contributed by atoms with Crippen molar-refractivity contribution in [2.75, 3.05) is 0 Å². The zero-order valence-electron chi connectivity index (χ0n) is 8.58. The number of halogens is 4. The predicted molar refractivity (Wildman–Crippen MR) is 58.1 cm³/mol. The molecule has 0 N–H and O–H groups in total. The number of nitrogens with zero attached hydrogens (tertiary/aromatic N) is 2.